The molecular weight excluding hydrogens is 372 g/mol. The van der Waals surface area contributed by atoms with E-state index in [2.05, 4.69) is 31.9 Å². The lowest BCUT2D eigenvalue weighted by Crippen LogP contribution is -2.02. The predicted octanol–water partition coefficient (Wildman–Crippen LogP) is 5.15. The Kier molecular flexibility index (Phi) is 5.28. The van der Waals surface area contributed by atoms with E-state index in [4.69, 9.17) is 9.47 Å². The second-order valence-electron chi connectivity index (χ2n) is 4.03. The van der Waals surface area contributed by atoms with Crippen molar-refractivity contribution in [1.29, 1.82) is 0 Å². The van der Waals surface area contributed by atoms with E-state index in [1.807, 2.05) is 55.5 Å². The van der Waals surface area contributed by atoms with E-state index in [1.165, 1.54) is 0 Å². The molecule has 0 amide bonds. The van der Waals surface area contributed by atoms with Crippen molar-refractivity contribution in [2.45, 2.75) is 18.5 Å². The van der Waals surface area contributed by atoms with Gasteiger partial charge in [0.15, 0.2) is 5.01 Å². The van der Waals surface area contributed by atoms with Crippen molar-refractivity contribution in [2.24, 2.45) is 0 Å². The summed E-state index contributed by atoms with van der Waals surface area (Å²) in [7, 11) is 0. The van der Waals surface area contributed by atoms with Crippen LogP contribution in [0, 0.1) is 0 Å². The average molecular weight is 386 g/mol. The fourth-order valence-corrected chi connectivity index (χ4v) is 2.28. The molecule has 19 heavy (non-hydrogen) atoms. The molecule has 0 heterocycles. The molecule has 0 aliphatic heterocycles. The van der Waals surface area contributed by atoms with Crippen LogP contribution in [0.3, 0.4) is 0 Å². The van der Waals surface area contributed by atoms with Gasteiger partial charge >= 0.3 is 0 Å². The summed E-state index contributed by atoms with van der Waals surface area (Å²) in [6, 6.07) is 15.8. The molecule has 0 N–H and O–H groups in total. The highest BCUT2D eigenvalue weighted by Crippen LogP contribution is 2.30. The zero-order valence-electron chi connectivity index (χ0n) is 10.5. The van der Waals surface area contributed by atoms with Crippen molar-refractivity contribution in [3.05, 3.63) is 58.6 Å². The van der Waals surface area contributed by atoms with E-state index in [1.54, 1.807) is 0 Å². The van der Waals surface area contributed by atoms with Crippen LogP contribution >= 0.6 is 31.9 Å². The first-order valence-corrected chi connectivity index (χ1v) is 7.63. The molecule has 2 nitrogen and oxygen atoms in total. The number of rotatable bonds is 5. The van der Waals surface area contributed by atoms with E-state index in [-0.39, 0.29) is 5.01 Å². The molecule has 0 aliphatic rings. The Hall–Kier alpha value is -1.00. The molecule has 2 aromatic carbocycles. The van der Waals surface area contributed by atoms with E-state index in [0.717, 1.165) is 21.5 Å². The number of halogens is 2. The minimum Gasteiger partial charge on any atom is -0.488 e. The largest absolute Gasteiger partial charge is 0.488 e. The first-order chi connectivity index (χ1) is 9.15. The molecule has 1 unspecified atom stereocenters. The molecular formula is C15H14Br2O2. The summed E-state index contributed by atoms with van der Waals surface area (Å²) >= 11 is 6.84. The minimum atomic E-state index is -0.0181. The molecule has 0 aromatic heterocycles. The van der Waals surface area contributed by atoms with Crippen molar-refractivity contribution in [1.82, 2.24) is 0 Å². The molecule has 0 aliphatic carbocycles. The Labute approximate surface area is 130 Å². The van der Waals surface area contributed by atoms with Crippen LogP contribution in [0.4, 0.5) is 0 Å². The van der Waals surface area contributed by atoms with Gasteiger partial charge in [-0.15, -0.1) is 0 Å². The van der Waals surface area contributed by atoms with E-state index >= 15 is 0 Å². The molecule has 4 heteroatoms. The molecule has 2 rings (SSSR count). The quantitative estimate of drug-likeness (QED) is 0.662. The maximum absolute atomic E-state index is 5.77. The highest BCUT2D eigenvalue weighted by molar-refractivity contribution is 9.10. The summed E-state index contributed by atoms with van der Waals surface area (Å²) in [6.07, 6.45) is 0. The van der Waals surface area contributed by atoms with Gasteiger partial charge in [0.25, 0.3) is 0 Å². The van der Waals surface area contributed by atoms with Crippen LogP contribution in [0.5, 0.6) is 11.5 Å². The third-order valence-corrected chi connectivity index (χ3v) is 3.25. The first-order valence-electron chi connectivity index (χ1n) is 5.92. The second-order valence-corrected chi connectivity index (χ2v) is 6.17. The number of ether oxygens (including phenoxy) is 2. The van der Waals surface area contributed by atoms with Gasteiger partial charge in [-0.1, -0.05) is 30.3 Å². The van der Waals surface area contributed by atoms with Crippen LogP contribution < -0.4 is 9.47 Å². The summed E-state index contributed by atoms with van der Waals surface area (Å²) in [4.78, 5) is 0. The summed E-state index contributed by atoms with van der Waals surface area (Å²) in [5, 5.41) is -0.0181. The van der Waals surface area contributed by atoms with Gasteiger partial charge in [-0.3, -0.25) is 0 Å². The van der Waals surface area contributed by atoms with Gasteiger partial charge < -0.3 is 9.47 Å². The maximum atomic E-state index is 5.77. The van der Waals surface area contributed by atoms with Crippen molar-refractivity contribution < 1.29 is 9.47 Å². The molecule has 0 saturated heterocycles. The zero-order valence-corrected chi connectivity index (χ0v) is 13.6. The third-order valence-electron chi connectivity index (χ3n) is 2.44. The standard InChI is InChI=1S/C15H14Br2O2/c1-11(16)19-13-7-8-15(14(17)9-13)18-10-12-5-3-2-4-6-12/h2-9,11H,10H2,1H3. The number of hydrogen-bond donors (Lipinski definition) is 0. The molecule has 2 aromatic rings. The minimum absolute atomic E-state index is 0.0181. The SMILES string of the molecule is CC(Br)Oc1ccc(OCc2ccccc2)c(Br)c1. The smallest absolute Gasteiger partial charge is 0.150 e. The molecule has 0 radical (unpaired) electrons. The number of alkyl halides is 1. The molecule has 0 saturated carbocycles. The third kappa shape index (κ3) is 4.55. The van der Waals surface area contributed by atoms with Crippen molar-refractivity contribution >= 4 is 31.9 Å². The molecule has 1 atom stereocenters. The second kappa shape index (κ2) is 6.96. The first kappa shape index (κ1) is 14.4. The fraction of sp³-hybridized carbons (Fsp3) is 0.200. The van der Waals surface area contributed by atoms with Crippen LogP contribution in [-0.2, 0) is 6.61 Å². The summed E-state index contributed by atoms with van der Waals surface area (Å²) in [6.45, 7) is 2.47. The van der Waals surface area contributed by atoms with E-state index < -0.39 is 0 Å². The summed E-state index contributed by atoms with van der Waals surface area (Å²) in [5.74, 6) is 1.60. The van der Waals surface area contributed by atoms with Crippen molar-refractivity contribution in [3.8, 4) is 11.5 Å². The van der Waals surface area contributed by atoms with Gasteiger partial charge in [-0.2, -0.15) is 0 Å². The Bertz CT molecular complexity index is 527. The lowest BCUT2D eigenvalue weighted by molar-refractivity contribution is 0.298. The Morgan fingerprint density at radius 3 is 2.47 bits per heavy atom. The fourth-order valence-electron chi connectivity index (χ4n) is 1.59. The van der Waals surface area contributed by atoms with Crippen molar-refractivity contribution in [3.63, 3.8) is 0 Å². The molecule has 0 spiro atoms. The predicted molar refractivity (Wildman–Crippen MR) is 83.9 cm³/mol. The Morgan fingerprint density at radius 2 is 1.84 bits per heavy atom. The lowest BCUT2D eigenvalue weighted by Gasteiger charge is -2.12. The number of hydrogen-bond acceptors (Lipinski definition) is 2. The van der Waals surface area contributed by atoms with Gasteiger partial charge in [0.05, 0.1) is 4.47 Å². The molecule has 0 fully saturated rings. The highest BCUT2D eigenvalue weighted by atomic mass is 79.9. The maximum Gasteiger partial charge on any atom is 0.150 e. The summed E-state index contributed by atoms with van der Waals surface area (Å²) < 4.78 is 12.2. The zero-order chi connectivity index (χ0) is 13.7. The van der Waals surface area contributed by atoms with Gasteiger partial charge in [-0.05, 0) is 62.5 Å². The van der Waals surface area contributed by atoms with Crippen molar-refractivity contribution in [2.75, 3.05) is 0 Å². The van der Waals surface area contributed by atoms with Crippen LogP contribution in [0.2, 0.25) is 0 Å². The van der Waals surface area contributed by atoms with Crippen LogP contribution in [0.25, 0.3) is 0 Å². The molecule has 100 valence electrons. The van der Waals surface area contributed by atoms with Gasteiger partial charge in [0, 0.05) is 0 Å². The number of benzene rings is 2. The van der Waals surface area contributed by atoms with E-state index in [9.17, 15) is 0 Å². The van der Waals surface area contributed by atoms with Gasteiger partial charge in [0.1, 0.15) is 18.1 Å². The lowest BCUT2D eigenvalue weighted by atomic mass is 10.2. The normalized spacial score (nSPS) is 11.9. The van der Waals surface area contributed by atoms with Gasteiger partial charge in [-0.25, -0.2) is 0 Å². The Balaban J connectivity index is 2.01. The monoisotopic (exact) mass is 384 g/mol. The van der Waals surface area contributed by atoms with Gasteiger partial charge in [0.2, 0.25) is 0 Å². The van der Waals surface area contributed by atoms with Crippen LogP contribution in [0.15, 0.2) is 53.0 Å². The van der Waals surface area contributed by atoms with E-state index in [0.29, 0.717) is 6.61 Å². The topological polar surface area (TPSA) is 18.5 Å². The van der Waals surface area contributed by atoms with Crippen LogP contribution in [0.1, 0.15) is 12.5 Å². The average Bonchev–Trinajstić information content (AvgIpc) is 2.38. The van der Waals surface area contributed by atoms with Crippen LogP contribution in [-0.4, -0.2) is 5.01 Å². The highest BCUT2D eigenvalue weighted by Gasteiger charge is 2.05. The molecule has 0 bridgehead atoms. The summed E-state index contributed by atoms with van der Waals surface area (Å²) in [5.41, 5.74) is 1.14. The Morgan fingerprint density at radius 1 is 1.11 bits per heavy atom.